The number of hydrogen-bond acceptors (Lipinski definition) is 5. The van der Waals surface area contributed by atoms with Gasteiger partial charge in [0.05, 0.1) is 0 Å². The number of nitrogens with one attached hydrogen (secondary N) is 4. The van der Waals surface area contributed by atoms with E-state index in [2.05, 4.69) is 0 Å². The van der Waals surface area contributed by atoms with Gasteiger partial charge in [-0.05, 0) is 0 Å². The summed E-state index contributed by atoms with van der Waals surface area (Å²) in [4.78, 5) is 9.55. The maximum atomic E-state index is 9.55. The van der Waals surface area contributed by atoms with Crippen molar-refractivity contribution in [3.63, 3.8) is 0 Å². The predicted molar refractivity (Wildman–Crippen MR) is 22.4 cm³/mol. The highest BCUT2D eigenvalue weighted by molar-refractivity contribution is 5.63. The molecule has 0 aliphatic heterocycles. The van der Waals surface area contributed by atoms with Gasteiger partial charge in [-0.2, -0.15) is 11.1 Å². The molecular formula is CH6N4O3. The summed E-state index contributed by atoms with van der Waals surface area (Å²) in [5.41, 5.74) is 6.83. The van der Waals surface area contributed by atoms with Gasteiger partial charge in [0, 0.05) is 0 Å². The molecule has 0 radical (unpaired) electrons. The Morgan fingerprint density at radius 3 is 2.38 bits per heavy atom. The van der Waals surface area contributed by atoms with E-state index in [1.54, 1.807) is 5.43 Å². The van der Waals surface area contributed by atoms with E-state index < -0.39 is 6.09 Å². The molecule has 48 valence electrons. The molecule has 0 unspecified atom stereocenters. The fraction of sp³-hybridized carbons (Fsp3) is 0. The van der Waals surface area contributed by atoms with Crippen LogP contribution in [0.25, 0.3) is 0 Å². The molecule has 0 atom stereocenters. The van der Waals surface area contributed by atoms with Crippen LogP contribution in [0.3, 0.4) is 0 Å². The molecule has 0 heterocycles. The monoisotopic (exact) mass is 122 g/mol. The fourth-order valence-electron chi connectivity index (χ4n) is 0.113. The first-order valence-electron chi connectivity index (χ1n) is 1.65. The van der Waals surface area contributed by atoms with E-state index in [4.69, 9.17) is 10.3 Å². The quantitative estimate of drug-likeness (QED) is 0.194. The lowest BCUT2D eigenvalue weighted by Crippen LogP contribution is -2.51. The van der Waals surface area contributed by atoms with Crippen LogP contribution < -0.4 is 22.1 Å². The van der Waals surface area contributed by atoms with E-state index in [1.165, 1.54) is 5.59 Å². The molecule has 6 N–H and O–H groups in total. The molecule has 7 nitrogen and oxygen atoms in total. The first-order valence-corrected chi connectivity index (χ1v) is 1.65. The van der Waals surface area contributed by atoms with E-state index in [-0.39, 0.29) is 0 Å². The van der Waals surface area contributed by atoms with Crippen LogP contribution in [-0.2, 0) is 0 Å². The van der Waals surface area contributed by atoms with Crippen LogP contribution in [0.5, 0.6) is 0 Å². The topological polar surface area (TPSA) is 106 Å². The van der Waals surface area contributed by atoms with Gasteiger partial charge in [-0.25, -0.2) is 10.2 Å². The second-order valence-electron chi connectivity index (χ2n) is 0.792. The fourth-order valence-corrected chi connectivity index (χ4v) is 0.113. The second-order valence-corrected chi connectivity index (χ2v) is 0.792. The zero-order valence-electron chi connectivity index (χ0n) is 3.80. The minimum atomic E-state index is -1.26. The molecular weight excluding hydrogens is 116 g/mol. The summed E-state index contributed by atoms with van der Waals surface area (Å²) in [5, 5.41) is 15.5. The minimum absolute atomic E-state index is 1.26. The highest BCUT2D eigenvalue weighted by atomic mass is 16.5. The van der Waals surface area contributed by atoms with Crippen molar-refractivity contribution in [1.82, 2.24) is 22.1 Å². The number of hydrazine groups is 3. The average Bonchev–Trinajstić information content (AvgIpc) is 1.66. The summed E-state index contributed by atoms with van der Waals surface area (Å²) in [6, 6.07) is 0. The largest absolute Gasteiger partial charge is 0.464 e. The van der Waals surface area contributed by atoms with Crippen molar-refractivity contribution in [2.75, 3.05) is 0 Å². The molecule has 0 saturated carbocycles. The summed E-state index contributed by atoms with van der Waals surface area (Å²) < 4.78 is 0. The number of rotatable bonds is 3. The lowest BCUT2D eigenvalue weighted by atomic mass is 11.3. The third-order valence-electron chi connectivity index (χ3n) is 0.288. The van der Waals surface area contributed by atoms with E-state index in [0.717, 1.165) is 0 Å². The second kappa shape index (κ2) is 4.27. The van der Waals surface area contributed by atoms with E-state index in [0.29, 0.717) is 0 Å². The average molecular weight is 122 g/mol. The molecule has 0 saturated heterocycles. The van der Waals surface area contributed by atoms with Crippen molar-refractivity contribution in [2.45, 2.75) is 0 Å². The molecule has 8 heavy (non-hydrogen) atoms. The predicted octanol–water partition coefficient (Wildman–Crippen LogP) is -1.84. The highest BCUT2D eigenvalue weighted by Gasteiger charge is 1.86. The minimum Gasteiger partial charge on any atom is -0.464 e. The Hall–Kier alpha value is -0.890. The molecule has 0 fully saturated rings. The Morgan fingerprint density at radius 2 is 2.00 bits per heavy atom. The van der Waals surface area contributed by atoms with Gasteiger partial charge in [-0.3, -0.25) is 0 Å². The van der Waals surface area contributed by atoms with Crippen molar-refractivity contribution < 1.29 is 15.1 Å². The molecule has 0 aromatic carbocycles. The number of amides is 1. The van der Waals surface area contributed by atoms with Gasteiger partial charge in [-0.1, -0.05) is 0 Å². The Bertz CT molecular complexity index is 73.7. The first kappa shape index (κ1) is 7.11. The Labute approximate surface area is 44.6 Å². The third kappa shape index (κ3) is 5.11. The van der Waals surface area contributed by atoms with Crippen molar-refractivity contribution in [1.29, 1.82) is 0 Å². The molecule has 0 aromatic rings. The Kier molecular flexibility index (Phi) is 3.80. The van der Waals surface area contributed by atoms with Gasteiger partial charge >= 0.3 is 6.09 Å². The number of carbonyl (C=O) groups is 1. The third-order valence-corrected chi connectivity index (χ3v) is 0.288. The van der Waals surface area contributed by atoms with E-state index >= 15 is 0 Å². The summed E-state index contributed by atoms with van der Waals surface area (Å²) in [5.74, 6) is 0. The summed E-state index contributed by atoms with van der Waals surface area (Å²) in [6.07, 6.45) is -1.26. The van der Waals surface area contributed by atoms with Gasteiger partial charge in [0.15, 0.2) is 0 Å². The van der Waals surface area contributed by atoms with Crippen LogP contribution in [0.2, 0.25) is 0 Å². The van der Waals surface area contributed by atoms with Crippen LogP contribution in [0.15, 0.2) is 0 Å². The zero-order valence-corrected chi connectivity index (χ0v) is 3.80. The van der Waals surface area contributed by atoms with Crippen LogP contribution in [0.1, 0.15) is 0 Å². The standard InChI is InChI=1S/CH6N4O3/c6-1(7)2-3-4-5-8/h2-5,8H,(H,6,7). The summed E-state index contributed by atoms with van der Waals surface area (Å²) in [6.45, 7) is 0. The SMILES string of the molecule is O=C(O)NNNNO. The van der Waals surface area contributed by atoms with E-state index in [1.807, 2.05) is 11.1 Å². The molecule has 0 aliphatic rings. The first-order chi connectivity index (χ1) is 3.77. The zero-order chi connectivity index (χ0) is 6.41. The molecule has 7 heteroatoms. The van der Waals surface area contributed by atoms with Gasteiger partial charge in [0.2, 0.25) is 0 Å². The van der Waals surface area contributed by atoms with Crippen molar-refractivity contribution in [3.8, 4) is 0 Å². The number of carboxylic acid groups (broad SMARTS) is 1. The molecule has 0 rings (SSSR count). The van der Waals surface area contributed by atoms with Crippen molar-refractivity contribution >= 4 is 6.09 Å². The van der Waals surface area contributed by atoms with Gasteiger partial charge in [0.25, 0.3) is 0 Å². The maximum absolute atomic E-state index is 9.55. The molecule has 0 aliphatic carbocycles. The Morgan fingerprint density at radius 1 is 1.38 bits per heavy atom. The maximum Gasteiger partial charge on any atom is 0.420 e. The normalized spacial score (nSPS) is 8.62. The van der Waals surface area contributed by atoms with Crippen LogP contribution in [0, 0.1) is 0 Å². The molecule has 1 amide bonds. The highest BCUT2D eigenvalue weighted by Crippen LogP contribution is 1.47. The number of hydrogen-bond donors (Lipinski definition) is 6. The van der Waals surface area contributed by atoms with Crippen LogP contribution in [0.4, 0.5) is 4.79 Å². The van der Waals surface area contributed by atoms with Crippen LogP contribution >= 0.6 is 0 Å². The smallest absolute Gasteiger partial charge is 0.420 e. The van der Waals surface area contributed by atoms with Crippen LogP contribution in [-0.4, -0.2) is 16.4 Å². The summed E-state index contributed by atoms with van der Waals surface area (Å²) in [7, 11) is 0. The van der Waals surface area contributed by atoms with Gasteiger partial charge in [-0.15, -0.1) is 5.59 Å². The van der Waals surface area contributed by atoms with Crippen molar-refractivity contribution in [3.05, 3.63) is 0 Å². The lowest BCUT2D eigenvalue weighted by molar-refractivity contribution is 0.0908. The molecule has 0 spiro atoms. The summed E-state index contributed by atoms with van der Waals surface area (Å²) >= 11 is 0. The molecule has 0 aromatic heterocycles. The van der Waals surface area contributed by atoms with E-state index in [9.17, 15) is 4.79 Å². The Balaban J connectivity index is 2.82. The van der Waals surface area contributed by atoms with Crippen molar-refractivity contribution in [2.24, 2.45) is 0 Å². The lowest BCUT2D eigenvalue weighted by Gasteiger charge is -2.00. The van der Waals surface area contributed by atoms with Gasteiger partial charge < -0.3 is 10.3 Å². The van der Waals surface area contributed by atoms with Gasteiger partial charge in [0.1, 0.15) is 0 Å². The molecule has 0 bridgehead atoms.